The molecule has 0 unspecified atom stereocenters. The lowest BCUT2D eigenvalue weighted by molar-refractivity contribution is -0.288. The van der Waals surface area contributed by atoms with E-state index in [1.165, 1.54) is 0 Å². The minimum absolute atomic E-state index is 0.257. The van der Waals surface area contributed by atoms with E-state index >= 15 is 0 Å². The Morgan fingerprint density at radius 2 is 0.568 bits per heavy atom. The van der Waals surface area contributed by atoms with Gasteiger partial charge in [-0.3, -0.25) is 0 Å². The van der Waals surface area contributed by atoms with Crippen molar-refractivity contribution in [3.63, 3.8) is 0 Å². The third-order valence-corrected chi connectivity index (χ3v) is 5.52. The van der Waals surface area contributed by atoms with Crippen LogP contribution in [0.25, 0.3) is 11.1 Å². The maximum atomic E-state index is 13.6. The van der Waals surface area contributed by atoms with E-state index in [1.807, 2.05) is 24.3 Å². The molecular weight excluding hydrogens is 502 g/mol. The van der Waals surface area contributed by atoms with Crippen molar-refractivity contribution in [2.75, 3.05) is 0 Å². The average molecular weight is 522 g/mol. The molecule has 4 nitrogen and oxygen atoms in total. The van der Waals surface area contributed by atoms with Gasteiger partial charge in [-0.05, 0) is 70.8 Å². The fraction of sp³-hybridized carbons (Fsp3) is 0.111. The second kappa shape index (κ2) is 10.3. The second-order valence-electron chi connectivity index (χ2n) is 7.93. The highest BCUT2D eigenvalue weighted by Gasteiger charge is 2.72. The van der Waals surface area contributed by atoms with Crippen molar-refractivity contribution >= 4 is 0 Å². The number of aromatic hydroxyl groups is 4. The number of phenolic OH excluding ortho intramolecular Hbond substituents is 4. The van der Waals surface area contributed by atoms with Crippen LogP contribution in [0.3, 0.4) is 0 Å². The summed E-state index contributed by atoms with van der Waals surface area (Å²) < 4.78 is 81.6. The number of hydrogen-bond acceptors (Lipinski definition) is 4. The Balaban J connectivity index is 0.000000231. The van der Waals surface area contributed by atoms with E-state index in [0.29, 0.717) is 24.3 Å². The minimum atomic E-state index is -5.70. The molecule has 4 aromatic carbocycles. The van der Waals surface area contributed by atoms with Crippen molar-refractivity contribution in [1.29, 1.82) is 0 Å². The van der Waals surface area contributed by atoms with Gasteiger partial charge in [0.1, 0.15) is 23.0 Å². The minimum Gasteiger partial charge on any atom is -0.508 e. The van der Waals surface area contributed by atoms with Gasteiger partial charge in [-0.25, -0.2) is 0 Å². The van der Waals surface area contributed by atoms with Gasteiger partial charge in [0.05, 0.1) is 0 Å². The molecule has 4 N–H and O–H groups in total. The summed E-state index contributed by atoms with van der Waals surface area (Å²) in [7, 11) is 0. The lowest BCUT2D eigenvalue weighted by Crippen LogP contribution is -2.54. The van der Waals surface area contributed by atoms with Gasteiger partial charge in [-0.2, -0.15) is 26.3 Å². The SMILES string of the molecule is Oc1ccc(-c2ccc(O)cc2)cc1.Oc1ccc(C(c2ccc(O)cc2)(C(F)(F)F)C(F)(F)F)cc1. The molecule has 0 aromatic heterocycles. The van der Waals surface area contributed by atoms with Gasteiger partial charge < -0.3 is 20.4 Å². The molecule has 4 aromatic rings. The van der Waals surface area contributed by atoms with Gasteiger partial charge in [0.25, 0.3) is 0 Å². The van der Waals surface area contributed by atoms with Crippen molar-refractivity contribution < 1.29 is 46.8 Å². The zero-order valence-electron chi connectivity index (χ0n) is 18.8. The van der Waals surface area contributed by atoms with Gasteiger partial charge in [0.15, 0.2) is 0 Å². The van der Waals surface area contributed by atoms with Gasteiger partial charge in [0, 0.05) is 0 Å². The fourth-order valence-corrected chi connectivity index (χ4v) is 3.71. The maximum Gasteiger partial charge on any atom is 0.411 e. The average Bonchev–Trinajstić information content (AvgIpc) is 2.82. The third-order valence-electron chi connectivity index (χ3n) is 5.52. The normalized spacial score (nSPS) is 11.9. The van der Waals surface area contributed by atoms with Gasteiger partial charge in [-0.1, -0.05) is 48.5 Å². The summed E-state index contributed by atoms with van der Waals surface area (Å²) in [6.07, 6.45) is -11.4. The van der Waals surface area contributed by atoms with Crippen LogP contribution >= 0.6 is 0 Å². The Labute approximate surface area is 207 Å². The van der Waals surface area contributed by atoms with Crippen molar-refractivity contribution in [3.8, 4) is 34.1 Å². The predicted octanol–water partition coefficient (Wildman–Crippen LogP) is 7.27. The molecule has 0 saturated carbocycles. The fourth-order valence-electron chi connectivity index (χ4n) is 3.71. The van der Waals surface area contributed by atoms with Crippen LogP contribution in [0.4, 0.5) is 26.3 Å². The van der Waals surface area contributed by atoms with Crippen molar-refractivity contribution in [3.05, 3.63) is 108 Å². The molecule has 0 bridgehead atoms. The summed E-state index contributed by atoms with van der Waals surface area (Å²) in [5.74, 6) is -0.407. The van der Waals surface area contributed by atoms with Crippen molar-refractivity contribution in [2.45, 2.75) is 17.8 Å². The first-order valence-corrected chi connectivity index (χ1v) is 10.6. The van der Waals surface area contributed by atoms with Crippen LogP contribution in [0.15, 0.2) is 97.1 Å². The van der Waals surface area contributed by atoms with Crippen molar-refractivity contribution in [2.24, 2.45) is 0 Å². The molecule has 10 heteroatoms. The van der Waals surface area contributed by atoms with Crippen LogP contribution in [-0.2, 0) is 5.41 Å². The molecule has 0 atom stereocenters. The Morgan fingerprint density at radius 1 is 0.351 bits per heavy atom. The number of alkyl halides is 6. The topological polar surface area (TPSA) is 80.9 Å². The van der Waals surface area contributed by atoms with E-state index < -0.39 is 40.4 Å². The molecule has 37 heavy (non-hydrogen) atoms. The summed E-state index contributed by atoms with van der Waals surface area (Å²) in [6, 6.07) is 19.2. The number of benzene rings is 4. The first-order chi connectivity index (χ1) is 17.3. The van der Waals surface area contributed by atoms with Crippen LogP contribution < -0.4 is 0 Å². The monoisotopic (exact) mass is 522 g/mol. The Hall–Kier alpha value is -4.34. The molecule has 0 fully saturated rings. The highest BCUT2D eigenvalue weighted by Crippen LogP contribution is 2.56. The lowest BCUT2D eigenvalue weighted by atomic mass is 9.73. The zero-order valence-corrected chi connectivity index (χ0v) is 18.8. The van der Waals surface area contributed by atoms with Gasteiger partial charge in [0.2, 0.25) is 5.41 Å². The Morgan fingerprint density at radius 3 is 0.784 bits per heavy atom. The van der Waals surface area contributed by atoms with Crippen LogP contribution in [0.2, 0.25) is 0 Å². The van der Waals surface area contributed by atoms with E-state index in [1.54, 1.807) is 24.3 Å². The number of hydrogen-bond donors (Lipinski definition) is 4. The molecule has 0 spiro atoms. The molecule has 0 aliphatic heterocycles. The third kappa shape index (κ3) is 5.74. The van der Waals surface area contributed by atoms with Gasteiger partial charge >= 0.3 is 12.4 Å². The second-order valence-corrected chi connectivity index (χ2v) is 7.93. The first-order valence-electron chi connectivity index (χ1n) is 10.6. The van der Waals surface area contributed by atoms with E-state index in [2.05, 4.69) is 0 Å². The number of phenols is 4. The Kier molecular flexibility index (Phi) is 7.61. The van der Waals surface area contributed by atoms with Crippen molar-refractivity contribution in [1.82, 2.24) is 0 Å². The summed E-state index contributed by atoms with van der Waals surface area (Å²) in [5, 5.41) is 36.5. The predicted molar refractivity (Wildman–Crippen MR) is 124 cm³/mol. The van der Waals surface area contributed by atoms with E-state index in [-0.39, 0.29) is 11.5 Å². The molecule has 0 aliphatic rings. The smallest absolute Gasteiger partial charge is 0.411 e. The first kappa shape index (κ1) is 27.3. The number of halogens is 6. The Bertz CT molecular complexity index is 1190. The molecule has 0 amide bonds. The largest absolute Gasteiger partial charge is 0.508 e. The summed E-state index contributed by atoms with van der Waals surface area (Å²) in [5.41, 5.74) is -4.41. The summed E-state index contributed by atoms with van der Waals surface area (Å²) in [4.78, 5) is 0. The van der Waals surface area contributed by atoms with E-state index in [4.69, 9.17) is 20.4 Å². The number of rotatable bonds is 3. The highest BCUT2D eigenvalue weighted by atomic mass is 19.4. The molecule has 4 rings (SSSR count). The summed E-state index contributed by atoms with van der Waals surface area (Å²) in [6.45, 7) is 0. The van der Waals surface area contributed by atoms with Crippen LogP contribution in [0, 0.1) is 0 Å². The zero-order chi connectivity index (χ0) is 27.4. The summed E-state index contributed by atoms with van der Waals surface area (Å²) >= 11 is 0. The molecule has 0 radical (unpaired) electrons. The maximum absolute atomic E-state index is 13.6. The molecule has 0 saturated heterocycles. The quantitative estimate of drug-likeness (QED) is 0.213. The van der Waals surface area contributed by atoms with Crippen LogP contribution in [-0.4, -0.2) is 32.8 Å². The van der Waals surface area contributed by atoms with Gasteiger partial charge in [-0.15, -0.1) is 0 Å². The van der Waals surface area contributed by atoms with E-state index in [0.717, 1.165) is 35.4 Å². The standard InChI is InChI=1S/C15H10F6O2.C12H10O2/c16-14(17,18)13(15(19,20)21,9-1-5-11(22)6-2-9)10-3-7-12(23)8-4-10;13-11-5-1-9(2-6-11)10-3-7-12(14)8-4-10/h1-8,22-23H;1-8,13-14H. The molecular formula is C27H20F6O4. The molecule has 194 valence electrons. The van der Waals surface area contributed by atoms with Crippen LogP contribution in [0.5, 0.6) is 23.0 Å². The van der Waals surface area contributed by atoms with E-state index in [9.17, 15) is 26.3 Å². The molecule has 0 heterocycles. The van der Waals surface area contributed by atoms with Crippen LogP contribution in [0.1, 0.15) is 11.1 Å². The molecule has 0 aliphatic carbocycles. The highest BCUT2D eigenvalue weighted by molar-refractivity contribution is 5.64. The lowest BCUT2D eigenvalue weighted by Gasteiger charge is -2.38.